The smallest absolute Gasteiger partial charge is 0.309 e. The molecule has 0 heterocycles. The number of carbonyl (C=O) groups excluding carboxylic acids is 2. The number of ether oxygens (including phenoxy) is 2. The van der Waals surface area contributed by atoms with E-state index in [9.17, 15) is 9.59 Å². The van der Waals surface area contributed by atoms with Gasteiger partial charge < -0.3 is 14.8 Å². The molecule has 0 saturated heterocycles. The third-order valence-electron chi connectivity index (χ3n) is 3.58. The van der Waals surface area contributed by atoms with Crippen LogP contribution in [0, 0.1) is 6.92 Å². The Kier molecular flexibility index (Phi) is 7.96. The molecule has 138 valence electrons. The molecule has 2 aromatic rings. The molecule has 0 aliphatic rings. The van der Waals surface area contributed by atoms with Crippen LogP contribution < -0.4 is 10.1 Å². The first-order valence-corrected chi connectivity index (χ1v) is 8.77. The summed E-state index contributed by atoms with van der Waals surface area (Å²) in [6.07, 6.45) is 0.771. The van der Waals surface area contributed by atoms with Gasteiger partial charge in [-0.3, -0.25) is 9.59 Å². The van der Waals surface area contributed by atoms with E-state index < -0.39 is 5.97 Å². The minimum absolute atomic E-state index is 0.0893. The second-order valence-corrected chi connectivity index (χ2v) is 6.24. The van der Waals surface area contributed by atoms with Crippen molar-refractivity contribution in [1.29, 1.82) is 0 Å². The zero-order valence-corrected chi connectivity index (χ0v) is 15.4. The maximum Gasteiger partial charge on any atom is 0.309 e. The second-order valence-electron chi connectivity index (χ2n) is 5.80. The first-order chi connectivity index (χ1) is 12.5. The molecule has 1 amide bonds. The van der Waals surface area contributed by atoms with Crippen molar-refractivity contribution < 1.29 is 19.1 Å². The van der Waals surface area contributed by atoms with Gasteiger partial charge in [-0.05, 0) is 48.7 Å². The van der Waals surface area contributed by atoms with Crippen LogP contribution in [0.5, 0.6) is 5.75 Å². The van der Waals surface area contributed by atoms with Crippen LogP contribution in [0.2, 0.25) is 5.02 Å². The van der Waals surface area contributed by atoms with Crippen LogP contribution >= 0.6 is 11.6 Å². The predicted molar refractivity (Wildman–Crippen MR) is 100 cm³/mol. The van der Waals surface area contributed by atoms with Crippen molar-refractivity contribution in [3.63, 3.8) is 0 Å². The number of nitrogens with one attached hydrogen (secondary N) is 1. The summed E-state index contributed by atoms with van der Waals surface area (Å²) < 4.78 is 10.4. The molecule has 26 heavy (non-hydrogen) atoms. The lowest BCUT2D eigenvalue weighted by molar-refractivity contribution is -0.149. The largest absolute Gasteiger partial charge is 0.493 e. The maximum absolute atomic E-state index is 11.7. The Morgan fingerprint density at radius 1 is 1.12 bits per heavy atom. The Morgan fingerprint density at radius 3 is 2.62 bits per heavy atom. The number of halogens is 1. The van der Waals surface area contributed by atoms with Crippen LogP contribution in [0.4, 0.5) is 0 Å². The van der Waals surface area contributed by atoms with E-state index in [2.05, 4.69) is 5.32 Å². The van der Waals surface area contributed by atoms with Crippen molar-refractivity contribution in [1.82, 2.24) is 5.32 Å². The third-order valence-corrected chi connectivity index (χ3v) is 3.83. The molecule has 2 rings (SSSR count). The van der Waals surface area contributed by atoms with Crippen molar-refractivity contribution in [3.8, 4) is 5.75 Å². The zero-order chi connectivity index (χ0) is 18.8. The van der Waals surface area contributed by atoms with Gasteiger partial charge >= 0.3 is 5.97 Å². The van der Waals surface area contributed by atoms with Gasteiger partial charge in [0.1, 0.15) is 5.75 Å². The van der Waals surface area contributed by atoms with Gasteiger partial charge in [-0.1, -0.05) is 35.9 Å². The minimum atomic E-state index is -0.467. The normalized spacial score (nSPS) is 10.2. The Morgan fingerprint density at radius 2 is 1.88 bits per heavy atom. The summed E-state index contributed by atoms with van der Waals surface area (Å²) >= 11 is 5.82. The summed E-state index contributed by atoms with van der Waals surface area (Å²) in [7, 11) is 0. The average Bonchev–Trinajstić information content (AvgIpc) is 2.62. The van der Waals surface area contributed by atoms with E-state index in [1.54, 1.807) is 12.1 Å². The highest BCUT2D eigenvalue weighted by molar-refractivity contribution is 6.30. The molecule has 1 N–H and O–H groups in total. The first kappa shape index (κ1) is 19.8. The summed E-state index contributed by atoms with van der Waals surface area (Å²) in [4.78, 5) is 23.3. The Hall–Kier alpha value is -2.53. The molecule has 0 fully saturated rings. The molecular formula is C20H22ClNO4. The van der Waals surface area contributed by atoms with Gasteiger partial charge in [0.15, 0.2) is 6.61 Å². The molecule has 0 aliphatic carbocycles. The van der Waals surface area contributed by atoms with Gasteiger partial charge in [-0.25, -0.2) is 0 Å². The highest BCUT2D eigenvalue weighted by atomic mass is 35.5. The fraction of sp³-hybridized carbons (Fsp3) is 0.300. The molecule has 0 unspecified atom stereocenters. The topological polar surface area (TPSA) is 64.6 Å². The van der Waals surface area contributed by atoms with E-state index in [1.807, 2.05) is 43.3 Å². The first-order valence-electron chi connectivity index (χ1n) is 8.39. The molecule has 2 aromatic carbocycles. The number of carbonyl (C=O) groups is 2. The summed E-state index contributed by atoms with van der Waals surface area (Å²) in [6, 6.07) is 15.0. The third kappa shape index (κ3) is 7.57. The molecule has 0 atom stereocenters. The lowest BCUT2D eigenvalue weighted by Crippen LogP contribution is -2.30. The van der Waals surface area contributed by atoms with Crippen molar-refractivity contribution >= 4 is 23.5 Å². The van der Waals surface area contributed by atoms with E-state index in [0.29, 0.717) is 23.7 Å². The number of hydrogen-bond donors (Lipinski definition) is 1. The molecule has 0 radical (unpaired) electrons. The molecule has 0 spiro atoms. The number of aryl methyl sites for hydroxylation is 1. The summed E-state index contributed by atoms with van der Waals surface area (Å²) in [5, 5.41) is 3.39. The Labute approximate surface area is 158 Å². The van der Waals surface area contributed by atoms with Crippen LogP contribution in [-0.2, 0) is 20.7 Å². The van der Waals surface area contributed by atoms with Crippen LogP contribution in [0.1, 0.15) is 17.5 Å². The lowest BCUT2D eigenvalue weighted by atomic mass is 10.1. The van der Waals surface area contributed by atoms with Crippen LogP contribution in [0.15, 0.2) is 48.5 Å². The van der Waals surface area contributed by atoms with E-state index in [0.717, 1.165) is 11.1 Å². The number of hydrogen-bond acceptors (Lipinski definition) is 4. The van der Waals surface area contributed by atoms with E-state index in [-0.39, 0.29) is 25.5 Å². The SMILES string of the molecule is Cc1cccc(OCCC(=O)OCC(=O)NCCc2ccc(Cl)cc2)c1. The van der Waals surface area contributed by atoms with E-state index in [1.165, 1.54) is 0 Å². The number of amides is 1. The Bertz CT molecular complexity index is 731. The second kappa shape index (κ2) is 10.5. The monoisotopic (exact) mass is 375 g/mol. The van der Waals surface area contributed by atoms with Crippen LogP contribution in [0.25, 0.3) is 0 Å². The van der Waals surface area contributed by atoms with Crippen molar-refractivity contribution in [2.75, 3.05) is 19.8 Å². The molecule has 5 nitrogen and oxygen atoms in total. The Balaban J connectivity index is 1.56. The van der Waals surface area contributed by atoms with Gasteiger partial charge in [0.2, 0.25) is 0 Å². The maximum atomic E-state index is 11.7. The summed E-state index contributed by atoms with van der Waals surface area (Å²) in [6.45, 7) is 2.35. The standard InChI is InChI=1S/C20H22ClNO4/c1-15-3-2-4-18(13-15)25-12-10-20(24)26-14-19(23)22-11-9-16-5-7-17(21)8-6-16/h2-8,13H,9-12,14H2,1H3,(H,22,23). The van der Waals surface area contributed by atoms with E-state index >= 15 is 0 Å². The van der Waals surface area contributed by atoms with Gasteiger partial charge in [0.05, 0.1) is 13.0 Å². The van der Waals surface area contributed by atoms with Crippen LogP contribution in [-0.4, -0.2) is 31.6 Å². The van der Waals surface area contributed by atoms with Crippen LogP contribution in [0.3, 0.4) is 0 Å². The van der Waals surface area contributed by atoms with Crippen molar-refractivity contribution in [2.45, 2.75) is 19.8 Å². The van der Waals surface area contributed by atoms with Gasteiger partial charge in [-0.15, -0.1) is 0 Å². The average molecular weight is 376 g/mol. The van der Waals surface area contributed by atoms with Gasteiger partial charge in [0, 0.05) is 11.6 Å². The zero-order valence-electron chi connectivity index (χ0n) is 14.7. The number of benzene rings is 2. The highest BCUT2D eigenvalue weighted by Gasteiger charge is 2.08. The molecular weight excluding hydrogens is 354 g/mol. The summed E-state index contributed by atoms with van der Waals surface area (Å²) in [5.74, 6) is -0.0878. The molecule has 6 heteroatoms. The lowest BCUT2D eigenvalue weighted by Gasteiger charge is -2.08. The van der Waals surface area contributed by atoms with Crippen molar-refractivity contribution in [2.24, 2.45) is 0 Å². The summed E-state index contributed by atoms with van der Waals surface area (Å²) in [5.41, 5.74) is 2.15. The minimum Gasteiger partial charge on any atom is -0.493 e. The molecule has 0 saturated carbocycles. The number of esters is 1. The molecule has 0 aromatic heterocycles. The fourth-order valence-electron chi connectivity index (χ4n) is 2.22. The number of rotatable bonds is 9. The fourth-order valence-corrected chi connectivity index (χ4v) is 2.35. The predicted octanol–water partition coefficient (Wildman–Crippen LogP) is 3.32. The van der Waals surface area contributed by atoms with Gasteiger partial charge in [0.25, 0.3) is 5.91 Å². The molecule has 0 bridgehead atoms. The molecule has 0 aliphatic heterocycles. The van der Waals surface area contributed by atoms with Gasteiger partial charge in [-0.2, -0.15) is 0 Å². The quantitative estimate of drug-likeness (QED) is 0.683. The van der Waals surface area contributed by atoms with Crippen molar-refractivity contribution in [3.05, 3.63) is 64.7 Å². The highest BCUT2D eigenvalue weighted by Crippen LogP contribution is 2.12. The van der Waals surface area contributed by atoms with E-state index in [4.69, 9.17) is 21.1 Å².